The number of hydrogen-bond donors (Lipinski definition) is 4. The van der Waals surface area contributed by atoms with Crippen LogP contribution in [0, 0.1) is 5.41 Å². The molecule has 1 aliphatic rings. The monoisotopic (exact) mass is 629 g/mol. The van der Waals surface area contributed by atoms with Crippen LogP contribution < -0.4 is 5.09 Å². The normalized spacial score (nSPS) is 24.5. The van der Waals surface area contributed by atoms with E-state index in [9.17, 15) is 24.7 Å². The molecule has 1 aliphatic heterocycles. The zero-order valence-corrected chi connectivity index (χ0v) is 25.2. The fraction of sp³-hybridized carbons (Fsp3) is 0.520. The summed E-state index contributed by atoms with van der Waals surface area (Å²) in [5, 5.41) is 34.2. The fourth-order valence-corrected chi connectivity index (χ4v) is 6.42. The molecule has 1 aromatic carbocycles. The van der Waals surface area contributed by atoms with E-state index in [2.05, 4.69) is 20.0 Å². The van der Waals surface area contributed by atoms with Gasteiger partial charge in [0.2, 0.25) is 0 Å². The van der Waals surface area contributed by atoms with Crippen LogP contribution in [-0.2, 0) is 29.7 Å². The molecule has 1 saturated heterocycles. The standard InChI is InChI=1S/C25H33ClN5O8PS/c1-24(2,13-32)23(34)41-10-9-37-40(36,30-11-16-7-5-4-6-8-16)38-12-17-19(33)25(3,35)22(39-17)31-15-29-18-20(26)27-14-28-21(18)31/h4-8,14-15,17,19,22,32-33,35H,9-13H2,1-3H3,(H,30,36)/t17-,19-,22-,25-,40?/m1/s1. The van der Waals surface area contributed by atoms with E-state index in [1.807, 2.05) is 30.3 Å². The lowest BCUT2D eigenvalue weighted by molar-refractivity contribution is -0.119. The van der Waals surface area contributed by atoms with Crippen molar-refractivity contribution in [3.63, 3.8) is 0 Å². The van der Waals surface area contributed by atoms with Crippen molar-refractivity contribution in [2.24, 2.45) is 5.41 Å². The highest BCUT2D eigenvalue weighted by molar-refractivity contribution is 8.13. The molecule has 0 bridgehead atoms. The second-order valence-corrected chi connectivity index (χ2v) is 13.6. The number of nitrogens with zero attached hydrogens (tertiary/aromatic N) is 4. The van der Waals surface area contributed by atoms with Gasteiger partial charge in [-0.25, -0.2) is 24.6 Å². The molecule has 0 radical (unpaired) electrons. The van der Waals surface area contributed by atoms with Crippen LogP contribution in [0.25, 0.3) is 11.2 Å². The van der Waals surface area contributed by atoms with Crippen LogP contribution in [-0.4, -0.2) is 83.3 Å². The van der Waals surface area contributed by atoms with E-state index in [1.165, 1.54) is 24.1 Å². The van der Waals surface area contributed by atoms with Gasteiger partial charge in [-0.3, -0.25) is 18.4 Å². The highest BCUT2D eigenvalue weighted by atomic mass is 35.5. The minimum Gasteiger partial charge on any atom is -0.395 e. The summed E-state index contributed by atoms with van der Waals surface area (Å²) in [5.74, 6) is 0.167. The summed E-state index contributed by atoms with van der Waals surface area (Å²) in [6.45, 7) is 3.99. The number of fused-ring (bicyclic) bond motifs is 1. The number of imidazole rings is 1. The highest BCUT2D eigenvalue weighted by Gasteiger charge is 2.54. The van der Waals surface area contributed by atoms with Gasteiger partial charge in [0.05, 0.1) is 31.6 Å². The number of rotatable bonds is 13. The van der Waals surface area contributed by atoms with Gasteiger partial charge in [-0.1, -0.05) is 53.7 Å². The number of hydrogen-bond acceptors (Lipinski definition) is 12. The van der Waals surface area contributed by atoms with Crippen molar-refractivity contribution in [3.05, 3.63) is 53.7 Å². The van der Waals surface area contributed by atoms with E-state index >= 15 is 0 Å². The van der Waals surface area contributed by atoms with E-state index in [0.717, 1.165) is 17.3 Å². The minimum atomic E-state index is -3.99. The van der Waals surface area contributed by atoms with Crippen molar-refractivity contribution in [3.8, 4) is 0 Å². The van der Waals surface area contributed by atoms with Gasteiger partial charge < -0.3 is 20.1 Å². The Morgan fingerprint density at radius 1 is 1.27 bits per heavy atom. The molecule has 2 aromatic heterocycles. The molecule has 0 aliphatic carbocycles. The molecule has 1 fully saturated rings. The molecule has 0 spiro atoms. The Hall–Kier alpha value is -1.97. The summed E-state index contributed by atoms with van der Waals surface area (Å²) in [4.78, 5) is 24.5. The maximum absolute atomic E-state index is 13.7. The predicted octanol–water partition coefficient (Wildman–Crippen LogP) is 2.70. The summed E-state index contributed by atoms with van der Waals surface area (Å²) in [6, 6.07) is 9.18. The Balaban J connectivity index is 1.44. The van der Waals surface area contributed by atoms with Gasteiger partial charge in [-0.15, -0.1) is 0 Å². The summed E-state index contributed by atoms with van der Waals surface area (Å²) in [5.41, 5.74) is -1.32. The number of thioether (sulfide) groups is 1. The van der Waals surface area contributed by atoms with Gasteiger partial charge in [-0.05, 0) is 26.3 Å². The number of carbonyl (C=O) groups excluding carboxylic acids is 1. The molecule has 16 heteroatoms. The zero-order chi connectivity index (χ0) is 29.8. The van der Waals surface area contributed by atoms with Gasteiger partial charge in [0.1, 0.15) is 29.7 Å². The Labute approximate surface area is 246 Å². The molecule has 1 unspecified atom stereocenters. The molecule has 3 aromatic rings. The number of aliphatic hydroxyl groups is 3. The molecule has 0 saturated carbocycles. The van der Waals surface area contributed by atoms with Crippen molar-refractivity contribution in [2.45, 2.75) is 51.4 Å². The van der Waals surface area contributed by atoms with Crippen LogP contribution in [0.1, 0.15) is 32.6 Å². The average Bonchev–Trinajstić information content (AvgIpc) is 3.48. The number of aromatic nitrogens is 4. The van der Waals surface area contributed by atoms with Crippen molar-refractivity contribution in [1.82, 2.24) is 24.6 Å². The van der Waals surface area contributed by atoms with Crippen LogP contribution in [0.3, 0.4) is 0 Å². The van der Waals surface area contributed by atoms with Gasteiger partial charge in [-0.2, -0.15) is 0 Å². The second kappa shape index (κ2) is 13.1. The van der Waals surface area contributed by atoms with E-state index in [1.54, 1.807) is 13.8 Å². The van der Waals surface area contributed by atoms with E-state index < -0.39 is 43.8 Å². The maximum atomic E-state index is 13.7. The third-order valence-electron chi connectivity index (χ3n) is 6.58. The predicted molar refractivity (Wildman–Crippen MR) is 152 cm³/mol. The number of ether oxygens (including phenoxy) is 1. The first-order valence-electron chi connectivity index (χ1n) is 12.7. The van der Waals surface area contributed by atoms with Gasteiger partial charge in [0.25, 0.3) is 0 Å². The van der Waals surface area contributed by atoms with Crippen molar-refractivity contribution in [1.29, 1.82) is 0 Å². The minimum absolute atomic E-state index is 0.104. The lowest BCUT2D eigenvalue weighted by Crippen LogP contribution is -2.44. The largest absolute Gasteiger partial charge is 0.405 e. The SMILES string of the molecule is CC(C)(CO)C(=O)SCCOP(=O)(NCc1ccccc1)OC[C@H]1O[C@@H](n2cnc3c(Cl)ncnc32)[C@](C)(O)[C@@H]1O. The molecule has 3 heterocycles. The van der Waals surface area contributed by atoms with Crippen LogP contribution in [0.15, 0.2) is 43.0 Å². The topological polar surface area (TPSA) is 178 Å². The van der Waals surface area contributed by atoms with E-state index in [4.69, 9.17) is 25.4 Å². The maximum Gasteiger partial charge on any atom is 0.405 e. The van der Waals surface area contributed by atoms with Gasteiger partial charge in [0.15, 0.2) is 22.1 Å². The smallest absolute Gasteiger partial charge is 0.395 e. The zero-order valence-electron chi connectivity index (χ0n) is 22.7. The first-order valence-corrected chi connectivity index (χ1v) is 15.6. The molecule has 13 nitrogen and oxygen atoms in total. The molecule has 4 rings (SSSR count). The van der Waals surface area contributed by atoms with Gasteiger partial charge >= 0.3 is 7.75 Å². The lowest BCUT2D eigenvalue weighted by atomic mass is 9.96. The Bertz CT molecular complexity index is 1390. The second-order valence-electron chi connectivity index (χ2n) is 10.3. The molecular formula is C25H33ClN5O8PS. The summed E-state index contributed by atoms with van der Waals surface area (Å²) in [6.07, 6.45) is -1.07. The number of benzene rings is 1. The Kier molecular flexibility index (Phi) is 10.2. The van der Waals surface area contributed by atoms with Crippen molar-refractivity contribution >= 4 is 47.4 Å². The summed E-state index contributed by atoms with van der Waals surface area (Å²) in [7, 11) is -3.99. The number of aliphatic hydroxyl groups excluding tert-OH is 2. The number of nitrogens with one attached hydrogen (secondary N) is 1. The van der Waals surface area contributed by atoms with Crippen LogP contribution in [0.4, 0.5) is 0 Å². The third kappa shape index (κ3) is 7.34. The third-order valence-corrected chi connectivity index (χ3v) is 9.59. The quantitative estimate of drug-likeness (QED) is 0.123. The lowest BCUT2D eigenvalue weighted by Gasteiger charge is -2.27. The highest BCUT2D eigenvalue weighted by Crippen LogP contribution is 2.47. The van der Waals surface area contributed by atoms with Crippen molar-refractivity contribution < 1.29 is 38.5 Å². The van der Waals surface area contributed by atoms with Crippen molar-refractivity contribution in [2.75, 3.05) is 25.6 Å². The molecule has 4 N–H and O–H groups in total. The average molecular weight is 630 g/mol. The van der Waals surface area contributed by atoms with Gasteiger partial charge in [0, 0.05) is 12.3 Å². The molecule has 224 valence electrons. The number of carbonyl (C=O) groups is 1. The van der Waals surface area contributed by atoms with E-state index in [0.29, 0.717) is 11.2 Å². The first-order chi connectivity index (χ1) is 19.4. The first kappa shape index (κ1) is 32.0. The molecular weight excluding hydrogens is 597 g/mol. The Morgan fingerprint density at radius 2 is 2.00 bits per heavy atom. The summed E-state index contributed by atoms with van der Waals surface area (Å²) < 4.78 is 32.4. The molecule has 41 heavy (non-hydrogen) atoms. The van der Waals surface area contributed by atoms with Crippen LogP contribution in [0.5, 0.6) is 0 Å². The van der Waals surface area contributed by atoms with Crippen LogP contribution >= 0.6 is 31.1 Å². The Morgan fingerprint density at radius 3 is 2.71 bits per heavy atom. The molecule has 5 atom stereocenters. The van der Waals surface area contributed by atoms with Crippen LogP contribution in [0.2, 0.25) is 5.15 Å². The fourth-order valence-electron chi connectivity index (χ4n) is 4.01. The molecule has 0 amide bonds. The summed E-state index contributed by atoms with van der Waals surface area (Å²) >= 11 is 7.05. The number of halogens is 1. The van der Waals surface area contributed by atoms with E-state index in [-0.39, 0.29) is 35.8 Å².